The molecule has 1 amide bonds. The lowest BCUT2D eigenvalue weighted by atomic mass is 9.95. The average Bonchev–Trinajstić information content (AvgIpc) is 3.31. The Hall–Kier alpha value is -4.10. The summed E-state index contributed by atoms with van der Waals surface area (Å²) < 4.78 is 7.74. The van der Waals surface area contributed by atoms with Gasteiger partial charge in [-0.15, -0.1) is 0 Å². The van der Waals surface area contributed by atoms with Gasteiger partial charge >= 0.3 is 0 Å². The molecule has 0 radical (unpaired) electrons. The molecular weight excluding hydrogens is 450 g/mol. The van der Waals surface area contributed by atoms with Crippen LogP contribution < -0.4 is 15.4 Å². The van der Waals surface area contributed by atoms with Crippen molar-refractivity contribution < 1.29 is 9.53 Å². The van der Waals surface area contributed by atoms with Gasteiger partial charge in [-0.05, 0) is 42.8 Å². The maximum Gasteiger partial charge on any atom is 0.255 e. The summed E-state index contributed by atoms with van der Waals surface area (Å²) in [6.07, 6.45) is 1.47. The number of halogens is 1. The smallest absolute Gasteiger partial charge is 0.255 e. The largest absolute Gasteiger partial charge is 0.489 e. The molecule has 2 N–H and O–H groups in total. The van der Waals surface area contributed by atoms with Crippen LogP contribution in [0.1, 0.15) is 24.1 Å². The predicted molar refractivity (Wildman–Crippen MR) is 132 cm³/mol. The highest BCUT2D eigenvalue weighted by molar-refractivity contribution is 6.31. The first-order chi connectivity index (χ1) is 16.6. The molecule has 0 saturated heterocycles. The topological polar surface area (TPSA) is 81.1 Å². The number of carbonyl (C=O) groups excluding carboxylic acids is 1. The van der Waals surface area contributed by atoms with Crippen LogP contribution >= 0.6 is 11.6 Å². The summed E-state index contributed by atoms with van der Waals surface area (Å²) in [7, 11) is 0. The van der Waals surface area contributed by atoms with E-state index in [1.165, 1.54) is 6.33 Å². The third-order valence-electron chi connectivity index (χ3n) is 5.60. The van der Waals surface area contributed by atoms with Gasteiger partial charge in [0.25, 0.3) is 5.91 Å². The van der Waals surface area contributed by atoms with E-state index in [0.717, 1.165) is 11.1 Å². The van der Waals surface area contributed by atoms with Crippen molar-refractivity contribution in [3.63, 3.8) is 0 Å². The monoisotopic (exact) mass is 471 g/mol. The lowest BCUT2D eigenvalue weighted by molar-refractivity contribution is -0.113. The van der Waals surface area contributed by atoms with Crippen molar-refractivity contribution >= 4 is 29.1 Å². The van der Waals surface area contributed by atoms with Crippen LogP contribution in [0.4, 0.5) is 11.6 Å². The number of anilines is 2. The zero-order valence-corrected chi connectivity index (χ0v) is 19.2. The summed E-state index contributed by atoms with van der Waals surface area (Å²) in [5.41, 5.74) is 3.72. The third-order valence-corrected chi connectivity index (χ3v) is 5.97. The molecule has 0 spiro atoms. The minimum atomic E-state index is -0.480. The number of nitrogens with zero attached hydrogens (tertiary/aromatic N) is 3. The first kappa shape index (κ1) is 21.7. The first-order valence-corrected chi connectivity index (χ1v) is 11.2. The summed E-state index contributed by atoms with van der Waals surface area (Å²) in [5, 5.41) is 11.2. The van der Waals surface area contributed by atoms with Crippen LogP contribution in [-0.2, 0) is 11.4 Å². The van der Waals surface area contributed by atoms with Gasteiger partial charge in [-0.3, -0.25) is 4.79 Å². The molecule has 2 heterocycles. The quantitative estimate of drug-likeness (QED) is 0.391. The normalized spacial score (nSPS) is 14.8. The van der Waals surface area contributed by atoms with Gasteiger partial charge < -0.3 is 15.4 Å². The molecule has 4 aromatic rings. The summed E-state index contributed by atoms with van der Waals surface area (Å²) in [6.45, 7) is 2.20. The predicted octanol–water partition coefficient (Wildman–Crippen LogP) is 5.44. The number of fused-ring (bicyclic) bond motifs is 1. The number of benzene rings is 3. The Morgan fingerprint density at radius 1 is 1.09 bits per heavy atom. The zero-order chi connectivity index (χ0) is 23.5. The lowest BCUT2D eigenvalue weighted by Crippen LogP contribution is -2.31. The molecule has 5 rings (SSSR count). The average molecular weight is 472 g/mol. The van der Waals surface area contributed by atoms with E-state index in [0.29, 0.717) is 40.3 Å². The summed E-state index contributed by atoms with van der Waals surface area (Å²) in [4.78, 5) is 17.7. The van der Waals surface area contributed by atoms with Crippen LogP contribution in [0.5, 0.6) is 5.75 Å². The van der Waals surface area contributed by atoms with Crippen molar-refractivity contribution in [1.82, 2.24) is 14.8 Å². The number of aromatic nitrogens is 3. The van der Waals surface area contributed by atoms with Gasteiger partial charge in [0.15, 0.2) is 0 Å². The van der Waals surface area contributed by atoms with Crippen molar-refractivity contribution in [2.75, 3.05) is 10.6 Å². The molecule has 170 valence electrons. The van der Waals surface area contributed by atoms with E-state index in [1.54, 1.807) is 4.68 Å². The molecule has 0 saturated carbocycles. The van der Waals surface area contributed by atoms with Gasteiger partial charge in [-0.2, -0.15) is 10.1 Å². The van der Waals surface area contributed by atoms with Crippen LogP contribution in [0.15, 0.2) is 96.5 Å². The van der Waals surface area contributed by atoms with Crippen molar-refractivity contribution in [3.05, 3.63) is 113 Å². The van der Waals surface area contributed by atoms with E-state index in [4.69, 9.17) is 16.3 Å². The minimum Gasteiger partial charge on any atom is -0.489 e. The second-order valence-electron chi connectivity index (χ2n) is 7.87. The van der Waals surface area contributed by atoms with Crippen LogP contribution in [0.25, 0.3) is 0 Å². The molecule has 1 aliphatic heterocycles. The van der Waals surface area contributed by atoms with E-state index in [1.807, 2.05) is 85.8 Å². The highest BCUT2D eigenvalue weighted by Gasteiger charge is 2.33. The molecule has 1 aliphatic rings. The second-order valence-corrected chi connectivity index (χ2v) is 8.27. The Labute approximate surface area is 202 Å². The summed E-state index contributed by atoms with van der Waals surface area (Å²) in [5.74, 6) is 1.02. The first-order valence-electron chi connectivity index (χ1n) is 10.8. The molecule has 0 aliphatic carbocycles. The van der Waals surface area contributed by atoms with Crippen molar-refractivity contribution in [2.24, 2.45) is 0 Å². The number of carbonyl (C=O) groups is 1. The van der Waals surface area contributed by atoms with Crippen molar-refractivity contribution in [2.45, 2.75) is 19.6 Å². The molecule has 0 fully saturated rings. The maximum absolute atomic E-state index is 13.4. The van der Waals surface area contributed by atoms with Crippen LogP contribution in [0.3, 0.4) is 0 Å². The fourth-order valence-corrected chi connectivity index (χ4v) is 4.15. The second kappa shape index (κ2) is 9.41. The summed E-state index contributed by atoms with van der Waals surface area (Å²) in [6, 6.07) is 24.1. The Kier molecular flexibility index (Phi) is 6.01. The molecule has 8 heteroatoms. The molecule has 7 nitrogen and oxygen atoms in total. The van der Waals surface area contributed by atoms with Crippen molar-refractivity contribution in [3.8, 4) is 5.75 Å². The van der Waals surface area contributed by atoms with E-state index >= 15 is 0 Å². The highest BCUT2D eigenvalue weighted by Crippen LogP contribution is 2.36. The summed E-state index contributed by atoms with van der Waals surface area (Å²) >= 11 is 6.27. The Morgan fingerprint density at radius 2 is 1.88 bits per heavy atom. The number of hydrogen-bond donors (Lipinski definition) is 2. The standard InChI is InChI=1S/C26H22ClN5O2/c1-17-23(25(33)31-20-10-3-2-4-11-20)24(32-26(30-17)28-16-29-32)18-9-7-12-21(14-18)34-15-19-8-5-6-13-22(19)27/h2-14,16,24H,15H2,1H3,(H,31,33)(H,28,29,30). The molecule has 0 bridgehead atoms. The van der Waals surface area contributed by atoms with E-state index in [9.17, 15) is 4.79 Å². The minimum absolute atomic E-state index is 0.218. The number of rotatable bonds is 6. The molecule has 34 heavy (non-hydrogen) atoms. The van der Waals surface area contributed by atoms with Gasteiger partial charge in [0.05, 0.1) is 5.57 Å². The fraction of sp³-hybridized carbons (Fsp3) is 0.115. The number of allylic oxidation sites excluding steroid dienone is 1. The number of ether oxygens (including phenoxy) is 1. The highest BCUT2D eigenvalue weighted by atomic mass is 35.5. The van der Waals surface area contributed by atoms with Gasteiger partial charge in [0.1, 0.15) is 24.7 Å². The van der Waals surface area contributed by atoms with E-state index in [-0.39, 0.29) is 5.91 Å². The van der Waals surface area contributed by atoms with Gasteiger partial charge in [0, 0.05) is 22.0 Å². The Balaban J connectivity index is 1.47. The van der Waals surface area contributed by atoms with Gasteiger partial charge in [-0.1, -0.05) is 60.1 Å². The lowest BCUT2D eigenvalue weighted by Gasteiger charge is -2.29. The van der Waals surface area contributed by atoms with E-state index in [2.05, 4.69) is 20.7 Å². The Bertz CT molecular complexity index is 1370. The Morgan fingerprint density at radius 3 is 2.71 bits per heavy atom. The van der Waals surface area contributed by atoms with Gasteiger partial charge in [-0.25, -0.2) is 4.68 Å². The zero-order valence-electron chi connectivity index (χ0n) is 18.4. The third kappa shape index (κ3) is 4.38. The fourth-order valence-electron chi connectivity index (χ4n) is 3.96. The van der Waals surface area contributed by atoms with Gasteiger partial charge in [0.2, 0.25) is 5.95 Å². The number of para-hydroxylation sites is 1. The van der Waals surface area contributed by atoms with Crippen LogP contribution in [-0.4, -0.2) is 20.7 Å². The molecular formula is C26H22ClN5O2. The molecule has 1 aromatic heterocycles. The van der Waals surface area contributed by atoms with Crippen LogP contribution in [0.2, 0.25) is 5.02 Å². The number of amides is 1. The number of nitrogens with one attached hydrogen (secondary N) is 2. The van der Waals surface area contributed by atoms with Crippen molar-refractivity contribution in [1.29, 1.82) is 0 Å². The maximum atomic E-state index is 13.4. The SMILES string of the molecule is CC1=C(C(=O)Nc2ccccc2)C(c2cccc(OCc3ccccc3Cl)c2)n2ncnc2N1. The number of hydrogen-bond acceptors (Lipinski definition) is 5. The van der Waals surface area contributed by atoms with Crippen LogP contribution in [0, 0.1) is 0 Å². The molecule has 3 aromatic carbocycles. The molecule has 1 unspecified atom stereocenters. The van der Waals surface area contributed by atoms with E-state index < -0.39 is 6.04 Å². The molecule has 1 atom stereocenters.